The molecule has 156 valence electrons. The molecule has 1 heterocycles. The van der Waals surface area contributed by atoms with Gasteiger partial charge in [0, 0.05) is 29.5 Å². The molecule has 0 atom stereocenters. The van der Waals surface area contributed by atoms with E-state index in [0.29, 0.717) is 34.4 Å². The van der Waals surface area contributed by atoms with Crippen molar-refractivity contribution in [2.75, 3.05) is 5.32 Å². The highest BCUT2D eigenvalue weighted by molar-refractivity contribution is 6.03. The summed E-state index contributed by atoms with van der Waals surface area (Å²) >= 11 is 0. The standard InChI is InChI=1S/C25H21NO5/c1-14-3-4-15(2)17(11-14)12-16-5-7-20-24(30)19-8-6-18(13-21(19)31-25(16)20)26-22(27)9-10-23(28)29/h3-4,6,8-13H,5,7H2,1-2H3,(H,26,27)(H,28,29)/b10-9-,16-12?. The van der Waals surface area contributed by atoms with E-state index in [-0.39, 0.29) is 5.43 Å². The lowest BCUT2D eigenvalue weighted by atomic mass is 10.0. The van der Waals surface area contributed by atoms with Gasteiger partial charge in [0.2, 0.25) is 5.91 Å². The van der Waals surface area contributed by atoms with Gasteiger partial charge >= 0.3 is 5.97 Å². The number of rotatable bonds is 4. The van der Waals surface area contributed by atoms with E-state index in [4.69, 9.17) is 9.52 Å². The van der Waals surface area contributed by atoms with Crippen LogP contribution in [0, 0.1) is 13.8 Å². The average Bonchev–Trinajstić information content (AvgIpc) is 3.12. The molecule has 1 aliphatic carbocycles. The average molecular weight is 415 g/mol. The van der Waals surface area contributed by atoms with Crippen LogP contribution in [0.1, 0.15) is 34.4 Å². The summed E-state index contributed by atoms with van der Waals surface area (Å²) in [6.45, 7) is 4.09. The van der Waals surface area contributed by atoms with Crippen molar-refractivity contribution in [3.05, 3.63) is 86.8 Å². The molecular formula is C25H21NO5. The molecular weight excluding hydrogens is 394 g/mol. The molecule has 0 aliphatic heterocycles. The molecule has 4 rings (SSSR count). The quantitative estimate of drug-likeness (QED) is 0.613. The summed E-state index contributed by atoms with van der Waals surface area (Å²) in [5, 5.41) is 11.7. The lowest BCUT2D eigenvalue weighted by molar-refractivity contribution is -0.131. The van der Waals surface area contributed by atoms with Gasteiger partial charge < -0.3 is 14.8 Å². The van der Waals surface area contributed by atoms with Gasteiger partial charge in [0.15, 0.2) is 5.43 Å². The fourth-order valence-electron chi connectivity index (χ4n) is 3.74. The molecule has 3 aromatic rings. The van der Waals surface area contributed by atoms with E-state index in [1.165, 1.54) is 0 Å². The fourth-order valence-corrected chi connectivity index (χ4v) is 3.74. The molecule has 1 aliphatic rings. The van der Waals surface area contributed by atoms with Crippen molar-refractivity contribution >= 4 is 40.2 Å². The number of carboxylic acid groups (broad SMARTS) is 1. The number of hydrogen-bond acceptors (Lipinski definition) is 4. The van der Waals surface area contributed by atoms with Crippen LogP contribution in [-0.2, 0) is 16.0 Å². The maximum absolute atomic E-state index is 13.0. The van der Waals surface area contributed by atoms with E-state index in [1.807, 2.05) is 13.8 Å². The van der Waals surface area contributed by atoms with Gasteiger partial charge in [-0.25, -0.2) is 4.79 Å². The zero-order valence-electron chi connectivity index (χ0n) is 17.2. The monoisotopic (exact) mass is 415 g/mol. The maximum Gasteiger partial charge on any atom is 0.328 e. The van der Waals surface area contributed by atoms with E-state index in [1.54, 1.807) is 18.2 Å². The highest BCUT2D eigenvalue weighted by atomic mass is 16.4. The summed E-state index contributed by atoms with van der Waals surface area (Å²) in [7, 11) is 0. The van der Waals surface area contributed by atoms with Crippen molar-refractivity contribution in [3.63, 3.8) is 0 Å². The van der Waals surface area contributed by atoms with Crippen molar-refractivity contribution in [2.24, 2.45) is 0 Å². The smallest absolute Gasteiger partial charge is 0.328 e. The number of fused-ring (bicyclic) bond motifs is 2. The van der Waals surface area contributed by atoms with Crippen molar-refractivity contribution < 1.29 is 19.1 Å². The number of anilines is 1. The minimum absolute atomic E-state index is 0.0655. The first-order valence-corrected chi connectivity index (χ1v) is 9.92. The predicted molar refractivity (Wildman–Crippen MR) is 120 cm³/mol. The second-order valence-corrected chi connectivity index (χ2v) is 7.64. The molecule has 0 radical (unpaired) electrons. The number of nitrogens with one attached hydrogen (secondary N) is 1. The zero-order chi connectivity index (χ0) is 22.1. The Hall–Kier alpha value is -3.93. The van der Waals surface area contributed by atoms with Crippen molar-refractivity contribution in [1.29, 1.82) is 0 Å². The number of benzene rings is 2. The normalized spacial score (nSPS) is 14.3. The Morgan fingerprint density at radius 3 is 2.65 bits per heavy atom. The van der Waals surface area contributed by atoms with Crippen LogP contribution in [0.3, 0.4) is 0 Å². The Morgan fingerprint density at radius 2 is 1.87 bits per heavy atom. The molecule has 0 fully saturated rings. The molecule has 6 nitrogen and oxygen atoms in total. The van der Waals surface area contributed by atoms with E-state index >= 15 is 0 Å². The van der Waals surface area contributed by atoms with E-state index in [0.717, 1.165) is 40.8 Å². The molecule has 2 aromatic carbocycles. The van der Waals surface area contributed by atoms with Gasteiger partial charge in [-0.15, -0.1) is 0 Å². The third-order valence-electron chi connectivity index (χ3n) is 5.33. The first kappa shape index (κ1) is 20.3. The number of carbonyl (C=O) groups excluding carboxylic acids is 1. The van der Waals surface area contributed by atoms with E-state index < -0.39 is 11.9 Å². The van der Waals surface area contributed by atoms with Crippen LogP contribution in [-0.4, -0.2) is 17.0 Å². The number of carboxylic acids is 1. The van der Waals surface area contributed by atoms with Gasteiger partial charge in [0.25, 0.3) is 0 Å². The minimum Gasteiger partial charge on any atom is -0.478 e. The molecule has 0 unspecified atom stereocenters. The van der Waals surface area contributed by atoms with Gasteiger partial charge in [-0.3, -0.25) is 9.59 Å². The summed E-state index contributed by atoms with van der Waals surface area (Å²) in [5.74, 6) is -1.20. The first-order valence-electron chi connectivity index (χ1n) is 9.92. The molecule has 0 bridgehead atoms. The van der Waals surface area contributed by atoms with Crippen molar-refractivity contribution in [1.82, 2.24) is 0 Å². The third-order valence-corrected chi connectivity index (χ3v) is 5.33. The number of allylic oxidation sites excluding steroid dienone is 1. The largest absolute Gasteiger partial charge is 0.478 e. The van der Waals surface area contributed by atoms with Gasteiger partial charge in [-0.2, -0.15) is 0 Å². The van der Waals surface area contributed by atoms with Crippen LogP contribution in [0.2, 0.25) is 0 Å². The van der Waals surface area contributed by atoms with Crippen LogP contribution in [0.15, 0.2) is 57.8 Å². The van der Waals surface area contributed by atoms with Crippen LogP contribution in [0.25, 0.3) is 22.6 Å². The van der Waals surface area contributed by atoms with Gasteiger partial charge in [0.1, 0.15) is 11.3 Å². The number of aryl methyl sites for hydroxylation is 2. The van der Waals surface area contributed by atoms with Crippen LogP contribution < -0.4 is 10.7 Å². The summed E-state index contributed by atoms with van der Waals surface area (Å²) in [5.41, 5.74) is 5.76. The minimum atomic E-state index is -1.21. The van der Waals surface area contributed by atoms with Crippen LogP contribution >= 0.6 is 0 Å². The zero-order valence-corrected chi connectivity index (χ0v) is 17.2. The number of hydrogen-bond donors (Lipinski definition) is 2. The van der Waals surface area contributed by atoms with E-state index in [9.17, 15) is 14.4 Å². The van der Waals surface area contributed by atoms with Crippen molar-refractivity contribution in [2.45, 2.75) is 26.7 Å². The molecule has 1 amide bonds. The van der Waals surface area contributed by atoms with Gasteiger partial charge in [-0.05, 0) is 61.6 Å². The van der Waals surface area contributed by atoms with Crippen LogP contribution in [0.4, 0.5) is 5.69 Å². The molecule has 0 saturated carbocycles. The lowest BCUT2D eigenvalue weighted by Gasteiger charge is -2.08. The number of amides is 1. The van der Waals surface area contributed by atoms with E-state index in [2.05, 4.69) is 29.6 Å². The molecule has 1 aromatic heterocycles. The topological polar surface area (TPSA) is 96.6 Å². The molecule has 0 saturated heterocycles. The van der Waals surface area contributed by atoms with Gasteiger partial charge in [-0.1, -0.05) is 23.8 Å². The Morgan fingerprint density at radius 1 is 1.06 bits per heavy atom. The number of carbonyl (C=O) groups is 2. The SMILES string of the molecule is Cc1ccc(C)c(C=C2CCc3c2oc2cc(NC(=O)/C=C\C(=O)O)ccc2c3=O)c1. The summed E-state index contributed by atoms with van der Waals surface area (Å²) < 4.78 is 6.13. The second kappa shape index (κ2) is 8.07. The molecule has 31 heavy (non-hydrogen) atoms. The first-order chi connectivity index (χ1) is 14.8. The summed E-state index contributed by atoms with van der Waals surface area (Å²) in [4.78, 5) is 35.4. The highest BCUT2D eigenvalue weighted by Crippen LogP contribution is 2.35. The third kappa shape index (κ3) is 4.19. The Kier molecular flexibility index (Phi) is 5.29. The Balaban J connectivity index is 1.74. The molecule has 6 heteroatoms. The number of aliphatic carboxylic acids is 1. The Bertz CT molecular complexity index is 1340. The fraction of sp³-hybridized carbons (Fsp3) is 0.160. The molecule has 0 spiro atoms. The lowest BCUT2D eigenvalue weighted by Crippen LogP contribution is -2.11. The predicted octanol–water partition coefficient (Wildman–Crippen LogP) is 4.48. The van der Waals surface area contributed by atoms with Crippen LogP contribution in [0.5, 0.6) is 0 Å². The molecule has 2 N–H and O–H groups in total. The second-order valence-electron chi connectivity index (χ2n) is 7.64. The van der Waals surface area contributed by atoms with Crippen molar-refractivity contribution in [3.8, 4) is 0 Å². The summed E-state index contributed by atoms with van der Waals surface area (Å²) in [6, 6.07) is 11.0. The van der Waals surface area contributed by atoms with Gasteiger partial charge in [0.05, 0.1) is 5.39 Å². The Labute approximate surface area is 178 Å². The summed E-state index contributed by atoms with van der Waals surface area (Å²) in [6.07, 6.45) is 5.11. The highest BCUT2D eigenvalue weighted by Gasteiger charge is 2.24. The maximum atomic E-state index is 13.0.